The molecule has 0 radical (unpaired) electrons. The number of nitrogens with zero attached hydrogens (tertiary/aromatic N) is 5. The lowest BCUT2D eigenvalue weighted by Gasteiger charge is -2.09. The van der Waals surface area contributed by atoms with Crippen molar-refractivity contribution in [1.82, 2.24) is 24.5 Å². The van der Waals surface area contributed by atoms with Crippen molar-refractivity contribution < 1.29 is 9.21 Å². The number of furan rings is 1. The first-order chi connectivity index (χ1) is 14.5. The highest BCUT2D eigenvalue weighted by Gasteiger charge is 2.19. The molecule has 0 atom stereocenters. The Bertz CT molecular complexity index is 1170. The van der Waals surface area contributed by atoms with Crippen molar-refractivity contribution in [3.63, 3.8) is 0 Å². The summed E-state index contributed by atoms with van der Waals surface area (Å²) in [7, 11) is 1.79. The minimum atomic E-state index is -0.139. The highest BCUT2D eigenvalue weighted by atomic mass is 79.9. The maximum atomic E-state index is 12.4. The van der Waals surface area contributed by atoms with E-state index in [0.717, 1.165) is 11.3 Å². The Hall–Kier alpha value is -2.85. The number of aryl methyl sites for hydroxylation is 2. The van der Waals surface area contributed by atoms with Crippen LogP contribution in [-0.2, 0) is 18.4 Å². The van der Waals surface area contributed by atoms with Crippen molar-refractivity contribution in [3.05, 3.63) is 64.5 Å². The first-order valence-corrected chi connectivity index (χ1v) is 10.9. The van der Waals surface area contributed by atoms with Gasteiger partial charge >= 0.3 is 0 Å². The molecule has 4 rings (SSSR count). The summed E-state index contributed by atoms with van der Waals surface area (Å²) in [6.07, 6.45) is 0. The number of anilines is 1. The Morgan fingerprint density at radius 3 is 2.67 bits per heavy atom. The summed E-state index contributed by atoms with van der Waals surface area (Å²) < 4.78 is 9.89. The molecule has 10 heteroatoms. The fourth-order valence-electron chi connectivity index (χ4n) is 2.96. The molecule has 0 saturated carbocycles. The van der Waals surface area contributed by atoms with Crippen molar-refractivity contribution in [2.75, 3.05) is 11.1 Å². The van der Waals surface area contributed by atoms with Crippen LogP contribution in [0.1, 0.15) is 11.3 Å². The van der Waals surface area contributed by atoms with Gasteiger partial charge in [-0.3, -0.25) is 14.0 Å². The number of thioether (sulfide) groups is 1. The Kier molecular flexibility index (Phi) is 6.05. The molecule has 1 amide bonds. The Balaban J connectivity index is 1.54. The normalized spacial score (nSPS) is 11.0. The number of carbonyl (C=O) groups is 1. The number of aromatic nitrogens is 5. The molecular weight excluding hydrogens is 468 g/mol. The molecule has 0 aliphatic heterocycles. The highest BCUT2D eigenvalue weighted by molar-refractivity contribution is 9.10. The number of hydrogen-bond donors (Lipinski definition) is 1. The molecule has 0 aliphatic rings. The van der Waals surface area contributed by atoms with Gasteiger partial charge in [0.25, 0.3) is 0 Å². The molecule has 0 fully saturated rings. The van der Waals surface area contributed by atoms with Gasteiger partial charge in [0.1, 0.15) is 5.82 Å². The zero-order valence-corrected chi connectivity index (χ0v) is 18.8. The van der Waals surface area contributed by atoms with E-state index < -0.39 is 0 Å². The van der Waals surface area contributed by atoms with E-state index in [1.807, 2.05) is 60.0 Å². The summed E-state index contributed by atoms with van der Waals surface area (Å²) in [5.41, 5.74) is 1.94. The lowest BCUT2D eigenvalue weighted by molar-refractivity contribution is -0.113. The number of carbonyl (C=O) groups excluding carboxylic acids is 1. The van der Waals surface area contributed by atoms with E-state index in [4.69, 9.17) is 4.42 Å². The van der Waals surface area contributed by atoms with E-state index in [-0.39, 0.29) is 11.7 Å². The van der Waals surface area contributed by atoms with Crippen LogP contribution in [0.15, 0.2) is 62.8 Å². The van der Waals surface area contributed by atoms with Crippen LogP contribution in [0.5, 0.6) is 0 Å². The van der Waals surface area contributed by atoms with Gasteiger partial charge in [-0.25, -0.2) is 0 Å². The molecule has 30 heavy (non-hydrogen) atoms. The Labute approximate surface area is 185 Å². The van der Waals surface area contributed by atoms with Gasteiger partial charge in [0, 0.05) is 13.1 Å². The molecule has 8 nitrogen and oxygen atoms in total. The Morgan fingerprint density at radius 1 is 1.20 bits per heavy atom. The second-order valence-electron chi connectivity index (χ2n) is 6.61. The van der Waals surface area contributed by atoms with Crippen LogP contribution in [0.3, 0.4) is 0 Å². The summed E-state index contributed by atoms with van der Waals surface area (Å²) in [6, 6.07) is 15.5. The van der Waals surface area contributed by atoms with E-state index in [9.17, 15) is 4.79 Å². The summed E-state index contributed by atoms with van der Waals surface area (Å²) in [5.74, 6) is 1.92. The van der Waals surface area contributed by atoms with Gasteiger partial charge in [0.05, 0.1) is 18.0 Å². The van der Waals surface area contributed by atoms with Crippen molar-refractivity contribution in [2.24, 2.45) is 7.05 Å². The number of halogens is 1. The maximum absolute atomic E-state index is 12.4. The first kappa shape index (κ1) is 20.4. The van der Waals surface area contributed by atoms with Crippen molar-refractivity contribution in [2.45, 2.75) is 18.6 Å². The van der Waals surface area contributed by atoms with Crippen LogP contribution < -0.4 is 5.32 Å². The molecule has 4 aromatic rings. The van der Waals surface area contributed by atoms with Crippen LogP contribution in [0.2, 0.25) is 0 Å². The molecule has 0 spiro atoms. The fraction of sp³-hybridized carbons (Fsp3) is 0.200. The second kappa shape index (κ2) is 8.88. The molecule has 0 saturated heterocycles. The average molecular weight is 487 g/mol. The molecule has 1 aromatic carbocycles. The molecule has 3 heterocycles. The van der Waals surface area contributed by atoms with Crippen LogP contribution in [0.25, 0.3) is 11.6 Å². The van der Waals surface area contributed by atoms with Crippen molar-refractivity contribution in [1.29, 1.82) is 0 Å². The van der Waals surface area contributed by atoms with E-state index in [2.05, 4.69) is 36.5 Å². The zero-order valence-electron chi connectivity index (χ0n) is 16.4. The van der Waals surface area contributed by atoms with Gasteiger partial charge in [0.15, 0.2) is 15.6 Å². The number of hydrogen-bond acceptors (Lipinski definition) is 6. The monoisotopic (exact) mass is 486 g/mol. The van der Waals surface area contributed by atoms with Gasteiger partial charge in [0.2, 0.25) is 11.7 Å². The molecule has 3 aromatic heterocycles. The molecule has 0 unspecified atom stereocenters. The van der Waals surface area contributed by atoms with Gasteiger partial charge in [-0.05, 0) is 40.5 Å². The average Bonchev–Trinajstić information content (AvgIpc) is 3.40. The second-order valence-corrected chi connectivity index (χ2v) is 8.34. The minimum absolute atomic E-state index is 0.139. The van der Waals surface area contributed by atoms with Gasteiger partial charge in [-0.2, -0.15) is 5.10 Å². The largest absolute Gasteiger partial charge is 0.446 e. The van der Waals surface area contributed by atoms with Crippen molar-refractivity contribution in [3.8, 4) is 11.6 Å². The van der Waals surface area contributed by atoms with Gasteiger partial charge in [-0.15, -0.1) is 10.2 Å². The van der Waals surface area contributed by atoms with Crippen LogP contribution in [-0.4, -0.2) is 36.2 Å². The molecule has 0 bridgehead atoms. The van der Waals surface area contributed by atoms with Crippen molar-refractivity contribution >= 4 is 39.4 Å². The lowest BCUT2D eigenvalue weighted by atomic mass is 10.2. The lowest BCUT2D eigenvalue weighted by Crippen LogP contribution is -2.17. The first-order valence-electron chi connectivity index (χ1n) is 9.16. The number of nitrogens with one attached hydrogen (secondary N) is 1. The van der Waals surface area contributed by atoms with Crippen LogP contribution >= 0.6 is 27.7 Å². The predicted molar refractivity (Wildman–Crippen MR) is 118 cm³/mol. The third-order valence-corrected chi connectivity index (χ3v) is 5.69. The number of rotatable bonds is 7. The number of benzene rings is 1. The smallest absolute Gasteiger partial charge is 0.235 e. The molecule has 1 N–H and O–H groups in total. The van der Waals surface area contributed by atoms with Gasteiger partial charge < -0.3 is 9.73 Å². The van der Waals surface area contributed by atoms with E-state index in [1.165, 1.54) is 11.8 Å². The molecule has 0 aliphatic carbocycles. The maximum Gasteiger partial charge on any atom is 0.235 e. The van der Waals surface area contributed by atoms with E-state index in [1.54, 1.807) is 11.7 Å². The SMILES string of the molecule is Cc1cc(NC(=O)CSc2nnc(-c3ccc(Br)o3)n2Cc2ccccc2)n(C)n1. The van der Waals surface area contributed by atoms with Crippen LogP contribution in [0.4, 0.5) is 5.82 Å². The minimum Gasteiger partial charge on any atom is -0.446 e. The van der Waals surface area contributed by atoms with E-state index in [0.29, 0.717) is 33.8 Å². The third kappa shape index (κ3) is 4.65. The topological polar surface area (TPSA) is 90.8 Å². The standard InChI is InChI=1S/C20H19BrN6O2S/c1-13-10-17(26(2)25-13)22-18(28)12-30-20-24-23-19(15-8-9-16(21)29-15)27(20)11-14-6-4-3-5-7-14/h3-10H,11-12H2,1-2H3,(H,22,28). The summed E-state index contributed by atoms with van der Waals surface area (Å²) in [6.45, 7) is 2.44. The molecule has 154 valence electrons. The summed E-state index contributed by atoms with van der Waals surface area (Å²) in [4.78, 5) is 12.4. The predicted octanol–water partition coefficient (Wildman–Crippen LogP) is 4.12. The zero-order chi connectivity index (χ0) is 21.1. The fourth-order valence-corrected chi connectivity index (χ4v) is 4.00. The number of amides is 1. The summed E-state index contributed by atoms with van der Waals surface area (Å²) in [5, 5.41) is 16.4. The summed E-state index contributed by atoms with van der Waals surface area (Å²) >= 11 is 4.65. The van der Waals surface area contributed by atoms with E-state index >= 15 is 0 Å². The van der Waals surface area contributed by atoms with Gasteiger partial charge in [-0.1, -0.05) is 42.1 Å². The quantitative estimate of drug-likeness (QED) is 0.395. The third-order valence-electron chi connectivity index (χ3n) is 4.30. The molecular formula is C20H19BrN6O2S. The highest BCUT2D eigenvalue weighted by Crippen LogP contribution is 2.28. The Morgan fingerprint density at radius 2 is 2.00 bits per heavy atom. The van der Waals surface area contributed by atoms with Crippen LogP contribution in [0, 0.1) is 6.92 Å².